The Morgan fingerprint density at radius 1 is 1.13 bits per heavy atom. The Morgan fingerprint density at radius 2 is 1.96 bits per heavy atom. The van der Waals surface area contributed by atoms with Gasteiger partial charge in [0, 0.05) is 5.56 Å². The second-order valence-electron chi connectivity index (χ2n) is 5.41. The van der Waals surface area contributed by atoms with Crippen LogP contribution in [0.25, 0.3) is 11.0 Å². The lowest BCUT2D eigenvalue weighted by Gasteiger charge is -2.02. The highest BCUT2D eigenvalue weighted by atomic mass is 35.5. The van der Waals surface area contributed by atoms with Crippen molar-refractivity contribution in [2.45, 2.75) is 30.2 Å². The van der Waals surface area contributed by atoms with E-state index >= 15 is 0 Å². The lowest BCUT2D eigenvalue weighted by atomic mass is 10.3. The van der Waals surface area contributed by atoms with Crippen molar-refractivity contribution in [1.29, 1.82) is 0 Å². The largest absolute Gasteiger partial charge is 0.341 e. The van der Waals surface area contributed by atoms with Crippen LogP contribution >= 0.6 is 35.0 Å². The third-order valence-electron chi connectivity index (χ3n) is 3.84. The lowest BCUT2D eigenvalue weighted by molar-refractivity contribution is 0.868. The summed E-state index contributed by atoms with van der Waals surface area (Å²) in [5.74, 6) is 1.36. The normalized spacial score (nSPS) is 13.7. The maximum Gasteiger partial charge on any atom is 0.254 e. The first-order chi connectivity index (χ1) is 11.1. The van der Waals surface area contributed by atoms with E-state index in [2.05, 4.69) is 19.9 Å². The Labute approximate surface area is 145 Å². The topological polar surface area (TPSA) is 74.4 Å². The van der Waals surface area contributed by atoms with Gasteiger partial charge in [-0.1, -0.05) is 35.0 Å². The Balaban J connectivity index is 1.57. The summed E-state index contributed by atoms with van der Waals surface area (Å²) in [5, 5.41) is 1.60. The molecular weight excluding hydrogens is 355 g/mol. The summed E-state index contributed by atoms with van der Waals surface area (Å²) >= 11 is 13.5. The highest BCUT2D eigenvalue weighted by Gasteiger charge is 2.17. The monoisotopic (exact) mass is 366 g/mol. The fourth-order valence-corrected chi connectivity index (χ4v) is 3.82. The minimum atomic E-state index is -0.0156. The molecular formula is C15H12Cl2N4OS. The molecule has 8 heteroatoms. The fraction of sp³-hybridized carbons (Fsp3) is 0.267. The molecule has 2 heterocycles. The van der Waals surface area contributed by atoms with Crippen molar-refractivity contribution in [3.8, 4) is 0 Å². The predicted octanol–water partition coefficient (Wildman–Crippen LogP) is 3.73. The number of thioether (sulfide) groups is 1. The number of aryl methyl sites for hydroxylation is 1. The molecule has 0 radical (unpaired) electrons. The number of imidazole rings is 1. The van der Waals surface area contributed by atoms with Gasteiger partial charge in [0.25, 0.3) is 5.56 Å². The van der Waals surface area contributed by atoms with Crippen LogP contribution in [-0.2, 0) is 18.6 Å². The van der Waals surface area contributed by atoms with Crippen LogP contribution in [0.3, 0.4) is 0 Å². The number of hydrogen-bond donors (Lipinski definition) is 2. The molecule has 2 N–H and O–H groups in total. The summed E-state index contributed by atoms with van der Waals surface area (Å²) in [6, 6.07) is 3.50. The van der Waals surface area contributed by atoms with Gasteiger partial charge in [-0.3, -0.25) is 4.79 Å². The van der Waals surface area contributed by atoms with Crippen LogP contribution in [-0.4, -0.2) is 19.9 Å². The molecule has 0 saturated carbocycles. The van der Waals surface area contributed by atoms with Crippen LogP contribution in [0.2, 0.25) is 10.0 Å². The van der Waals surface area contributed by atoms with Gasteiger partial charge in [-0.05, 0) is 31.4 Å². The zero-order chi connectivity index (χ0) is 16.0. The standard InChI is InChI=1S/C15H12Cl2N4OS/c16-8-4-11-12(5-9(8)17)19-13(18-11)6-23-15-20-10-3-1-2-7(10)14(22)21-15/h4-5H,1-3,6H2,(H,18,19)(H,20,21,22). The molecule has 0 atom stereocenters. The molecule has 0 unspecified atom stereocenters. The molecule has 1 aliphatic carbocycles. The van der Waals surface area contributed by atoms with Gasteiger partial charge >= 0.3 is 0 Å². The van der Waals surface area contributed by atoms with Crippen LogP contribution in [0, 0.1) is 0 Å². The summed E-state index contributed by atoms with van der Waals surface area (Å²) in [7, 11) is 0. The number of rotatable bonds is 3. The Hall–Kier alpha value is -1.50. The molecule has 0 spiro atoms. The van der Waals surface area contributed by atoms with Gasteiger partial charge in [0.15, 0.2) is 5.16 Å². The number of benzene rings is 1. The van der Waals surface area contributed by atoms with Gasteiger partial charge in [-0.2, -0.15) is 0 Å². The minimum Gasteiger partial charge on any atom is -0.341 e. The van der Waals surface area contributed by atoms with Crippen molar-refractivity contribution < 1.29 is 0 Å². The molecule has 3 aromatic rings. The minimum absolute atomic E-state index is 0.0156. The highest BCUT2D eigenvalue weighted by molar-refractivity contribution is 7.98. The summed E-state index contributed by atoms with van der Waals surface area (Å²) in [6.07, 6.45) is 2.72. The van der Waals surface area contributed by atoms with E-state index in [1.54, 1.807) is 12.1 Å². The molecule has 0 aliphatic heterocycles. The zero-order valence-corrected chi connectivity index (χ0v) is 14.3. The second-order valence-corrected chi connectivity index (χ2v) is 7.18. The van der Waals surface area contributed by atoms with E-state index in [4.69, 9.17) is 23.2 Å². The number of fused-ring (bicyclic) bond motifs is 2. The molecule has 118 valence electrons. The van der Waals surface area contributed by atoms with E-state index in [1.165, 1.54) is 11.8 Å². The van der Waals surface area contributed by atoms with Crippen LogP contribution in [0.5, 0.6) is 0 Å². The Kier molecular flexibility index (Phi) is 3.83. The van der Waals surface area contributed by atoms with Gasteiger partial charge in [0.05, 0.1) is 32.5 Å². The van der Waals surface area contributed by atoms with Crippen molar-refractivity contribution in [2.75, 3.05) is 0 Å². The fourth-order valence-electron chi connectivity index (χ4n) is 2.75. The van der Waals surface area contributed by atoms with E-state index < -0.39 is 0 Å². The number of nitrogens with one attached hydrogen (secondary N) is 2. The third kappa shape index (κ3) is 2.86. The van der Waals surface area contributed by atoms with E-state index in [0.717, 1.165) is 47.4 Å². The van der Waals surface area contributed by atoms with Crippen LogP contribution in [0.4, 0.5) is 0 Å². The Bertz CT molecular complexity index is 927. The maximum absolute atomic E-state index is 12.0. The van der Waals surface area contributed by atoms with E-state index in [9.17, 15) is 4.79 Å². The Morgan fingerprint density at radius 3 is 2.83 bits per heavy atom. The summed E-state index contributed by atoms with van der Waals surface area (Å²) in [4.78, 5) is 27.1. The van der Waals surface area contributed by atoms with Crippen molar-refractivity contribution in [1.82, 2.24) is 19.9 Å². The van der Waals surface area contributed by atoms with Crippen molar-refractivity contribution in [3.63, 3.8) is 0 Å². The first-order valence-electron chi connectivity index (χ1n) is 7.18. The van der Waals surface area contributed by atoms with Gasteiger partial charge in [0.2, 0.25) is 0 Å². The molecule has 5 nitrogen and oxygen atoms in total. The number of aromatic nitrogens is 4. The predicted molar refractivity (Wildman–Crippen MR) is 92.6 cm³/mol. The molecule has 0 bridgehead atoms. The van der Waals surface area contributed by atoms with Crippen LogP contribution in [0.1, 0.15) is 23.5 Å². The first-order valence-corrected chi connectivity index (χ1v) is 8.93. The molecule has 0 saturated heterocycles. The van der Waals surface area contributed by atoms with Crippen molar-refractivity contribution in [2.24, 2.45) is 0 Å². The third-order valence-corrected chi connectivity index (χ3v) is 5.45. The number of H-pyrrole nitrogens is 2. The average molecular weight is 367 g/mol. The number of nitrogens with zero attached hydrogens (tertiary/aromatic N) is 2. The van der Waals surface area contributed by atoms with Crippen molar-refractivity contribution in [3.05, 3.63) is 49.6 Å². The van der Waals surface area contributed by atoms with E-state index in [-0.39, 0.29) is 5.56 Å². The number of halogens is 2. The molecule has 2 aromatic heterocycles. The van der Waals surface area contributed by atoms with Gasteiger partial charge in [-0.25, -0.2) is 9.97 Å². The molecule has 0 amide bonds. The lowest BCUT2D eigenvalue weighted by Crippen LogP contribution is -2.14. The highest BCUT2D eigenvalue weighted by Crippen LogP contribution is 2.28. The molecule has 4 rings (SSSR count). The molecule has 0 fully saturated rings. The summed E-state index contributed by atoms with van der Waals surface area (Å²) in [6.45, 7) is 0. The van der Waals surface area contributed by atoms with Gasteiger partial charge in [-0.15, -0.1) is 0 Å². The molecule has 1 aromatic carbocycles. The zero-order valence-electron chi connectivity index (χ0n) is 11.9. The summed E-state index contributed by atoms with van der Waals surface area (Å²) < 4.78 is 0. The van der Waals surface area contributed by atoms with E-state index in [1.807, 2.05) is 0 Å². The SMILES string of the molecule is O=c1[nH]c(SCc2nc3cc(Cl)c(Cl)cc3[nH]2)nc2c1CCC2. The summed E-state index contributed by atoms with van der Waals surface area (Å²) in [5.41, 5.74) is 3.36. The molecule has 1 aliphatic rings. The van der Waals surface area contributed by atoms with Crippen molar-refractivity contribution >= 4 is 46.0 Å². The van der Waals surface area contributed by atoms with E-state index in [0.29, 0.717) is 21.0 Å². The number of hydrogen-bond acceptors (Lipinski definition) is 4. The maximum atomic E-state index is 12.0. The smallest absolute Gasteiger partial charge is 0.254 e. The second kappa shape index (κ2) is 5.85. The first kappa shape index (κ1) is 15.1. The number of aromatic amines is 2. The van der Waals surface area contributed by atoms with Crippen LogP contribution < -0.4 is 5.56 Å². The quantitative estimate of drug-likeness (QED) is 0.546. The average Bonchev–Trinajstić information content (AvgIpc) is 3.12. The van der Waals surface area contributed by atoms with Gasteiger partial charge < -0.3 is 9.97 Å². The molecule has 23 heavy (non-hydrogen) atoms. The van der Waals surface area contributed by atoms with Gasteiger partial charge in [0.1, 0.15) is 5.82 Å². The van der Waals surface area contributed by atoms with Crippen LogP contribution in [0.15, 0.2) is 22.1 Å².